The Morgan fingerprint density at radius 3 is 2.87 bits per heavy atom. The maximum atomic E-state index is 5.84. The van der Waals surface area contributed by atoms with E-state index in [1.807, 2.05) is 25.1 Å². The Balaban J connectivity index is 0.00000264. The Hall–Kier alpha value is -1.22. The van der Waals surface area contributed by atoms with Crippen LogP contribution in [0.2, 0.25) is 0 Å². The molecular weight excluding hydrogens is 421 g/mol. The van der Waals surface area contributed by atoms with Crippen molar-refractivity contribution in [3.63, 3.8) is 0 Å². The Bertz CT molecular complexity index is 585. The molecule has 2 aromatic heterocycles. The second-order valence-corrected chi connectivity index (χ2v) is 6.05. The van der Waals surface area contributed by atoms with Gasteiger partial charge in [0.2, 0.25) is 0 Å². The van der Waals surface area contributed by atoms with Crippen LogP contribution in [0.5, 0.6) is 0 Å². The average Bonchev–Trinajstić information content (AvgIpc) is 2.93. The largest absolute Gasteiger partial charge is 0.370 e. The monoisotopic (exact) mass is 445 g/mol. The molecular formula is C16H24IN5S. The number of rotatable bonds is 8. The van der Waals surface area contributed by atoms with Crippen LogP contribution < -0.4 is 11.1 Å². The topological polar surface area (TPSA) is 76.2 Å². The zero-order chi connectivity index (χ0) is 15.6. The number of halogens is 1. The van der Waals surface area contributed by atoms with Crippen LogP contribution in [0.1, 0.15) is 29.2 Å². The van der Waals surface area contributed by atoms with E-state index >= 15 is 0 Å². The molecule has 126 valence electrons. The second-order valence-electron chi connectivity index (χ2n) is 5.10. The summed E-state index contributed by atoms with van der Waals surface area (Å²) in [6.07, 6.45) is 5.80. The van der Waals surface area contributed by atoms with Crippen LogP contribution in [0, 0.1) is 6.92 Å². The highest BCUT2D eigenvalue weighted by atomic mass is 127. The number of pyridine rings is 1. The number of hydrogen-bond acceptors (Lipinski definition) is 4. The van der Waals surface area contributed by atoms with Gasteiger partial charge in [-0.15, -0.1) is 35.3 Å². The first-order valence-corrected chi connectivity index (χ1v) is 8.47. The molecule has 0 aliphatic rings. The fourth-order valence-electron chi connectivity index (χ4n) is 2.03. The molecule has 0 fully saturated rings. The minimum Gasteiger partial charge on any atom is -0.370 e. The van der Waals surface area contributed by atoms with E-state index in [9.17, 15) is 0 Å². The van der Waals surface area contributed by atoms with Gasteiger partial charge in [-0.25, -0.2) is 4.98 Å². The predicted octanol–water partition coefficient (Wildman–Crippen LogP) is 2.93. The van der Waals surface area contributed by atoms with Crippen LogP contribution in [0.15, 0.2) is 34.8 Å². The molecule has 23 heavy (non-hydrogen) atoms. The van der Waals surface area contributed by atoms with E-state index < -0.39 is 0 Å². The molecule has 0 saturated carbocycles. The standard InChI is InChI=1S/C16H23N5S.HI/c1-13-12-22-15(21-13)7-3-5-10-19-16(17)20-11-8-14-6-2-4-9-18-14;/h2,4,6,9,12H,3,5,7-8,10-11H2,1H3,(H3,17,19,20);1H. The minimum atomic E-state index is 0. The van der Waals surface area contributed by atoms with Gasteiger partial charge in [0.25, 0.3) is 0 Å². The SMILES string of the molecule is Cc1csc(CCCCN=C(N)NCCc2ccccn2)n1.I. The van der Waals surface area contributed by atoms with Gasteiger partial charge in [-0.1, -0.05) is 6.07 Å². The first kappa shape index (κ1) is 19.8. The molecule has 0 saturated heterocycles. The Labute approximate surface area is 158 Å². The van der Waals surface area contributed by atoms with Crippen LogP contribution in [-0.4, -0.2) is 29.0 Å². The van der Waals surface area contributed by atoms with Gasteiger partial charge in [-0.2, -0.15) is 0 Å². The molecule has 0 amide bonds. The third-order valence-electron chi connectivity index (χ3n) is 3.16. The van der Waals surface area contributed by atoms with Crippen molar-refractivity contribution < 1.29 is 0 Å². The lowest BCUT2D eigenvalue weighted by molar-refractivity contribution is 0.735. The third-order valence-corrected chi connectivity index (χ3v) is 4.19. The summed E-state index contributed by atoms with van der Waals surface area (Å²) in [6.45, 7) is 3.54. The molecule has 0 unspecified atom stereocenters. The fraction of sp³-hybridized carbons (Fsp3) is 0.438. The molecule has 3 N–H and O–H groups in total. The first-order valence-electron chi connectivity index (χ1n) is 7.59. The van der Waals surface area contributed by atoms with Gasteiger partial charge >= 0.3 is 0 Å². The smallest absolute Gasteiger partial charge is 0.188 e. The van der Waals surface area contributed by atoms with Crippen LogP contribution in [0.25, 0.3) is 0 Å². The van der Waals surface area contributed by atoms with E-state index in [-0.39, 0.29) is 24.0 Å². The Kier molecular flexibility index (Phi) is 9.77. The quantitative estimate of drug-likeness (QED) is 0.284. The zero-order valence-corrected chi connectivity index (χ0v) is 16.5. The average molecular weight is 445 g/mol. The van der Waals surface area contributed by atoms with Crippen molar-refractivity contribution in [1.29, 1.82) is 0 Å². The van der Waals surface area contributed by atoms with Crippen LogP contribution in [-0.2, 0) is 12.8 Å². The van der Waals surface area contributed by atoms with Crippen molar-refractivity contribution in [1.82, 2.24) is 15.3 Å². The van der Waals surface area contributed by atoms with Gasteiger partial charge in [-0.05, 0) is 38.3 Å². The minimum absolute atomic E-state index is 0. The summed E-state index contributed by atoms with van der Waals surface area (Å²) in [4.78, 5) is 13.1. The molecule has 5 nitrogen and oxygen atoms in total. The van der Waals surface area contributed by atoms with Crippen molar-refractivity contribution >= 4 is 41.3 Å². The summed E-state index contributed by atoms with van der Waals surface area (Å²) < 4.78 is 0. The molecule has 7 heteroatoms. The molecule has 0 aliphatic carbocycles. The number of hydrogen-bond donors (Lipinski definition) is 2. The summed E-state index contributed by atoms with van der Waals surface area (Å²) in [5.74, 6) is 0.515. The summed E-state index contributed by atoms with van der Waals surface area (Å²) in [5, 5.41) is 6.43. The third kappa shape index (κ3) is 8.26. The van der Waals surface area contributed by atoms with Crippen molar-refractivity contribution in [3.8, 4) is 0 Å². The lowest BCUT2D eigenvalue weighted by Gasteiger charge is -2.05. The first-order chi connectivity index (χ1) is 10.7. The summed E-state index contributed by atoms with van der Waals surface area (Å²) in [6, 6.07) is 5.92. The van der Waals surface area contributed by atoms with E-state index in [0.29, 0.717) is 5.96 Å². The molecule has 0 radical (unpaired) electrons. The fourth-order valence-corrected chi connectivity index (χ4v) is 2.84. The molecule has 0 spiro atoms. The molecule has 2 heterocycles. The van der Waals surface area contributed by atoms with Crippen molar-refractivity contribution in [3.05, 3.63) is 46.2 Å². The van der Waals surface area contributed by atoms with Gasteiger partial charge in [0.05, 0.1) is 5.01 Å². The number of thiazole rings is 1. The van der Waals surface area contributed by atoms with Crippen LogP contribution in [0.3, 0.4) is 0 Å². The number of nitrogens with zero attached hydrogens (tertiary/aromatic N) is 3. The highest BCUT2D eigenvalue weighted by Crippen LogP contribution is 2.11. The lowest BCUT2D eigenvalue weighted by Crippen LogP contribution is -2.33. The molecule has 0 bridgehead atoms. The van der Waals surface area contributed by atoms with E-state index in [4.69, 9.17) is 5.73 Å². The number of nitrogens with one attached hydrogen (secondary N) is 1. The highest BCUT2D eigenvalue weighted by molar-refractivity contribution is 14.0. The van der Waals surface area contributed by atoms with E-state index in [1.54, 1.807) is 17.5 Å². The van der Waals surface area contributed by atoms with E-state index in [2.05, 4.69) is 25.7 Å². The zero-order valence-electron chi connectivity index (χ0n) is 13.4. The van der Waals surface area contributed by atoms with Crippen molar-refractivity contribution in [2.45, 2.75) is 32.6 Å². The summed E-state index contributed by atoms with van der Waals surface area (Å²) in [7, 11) is 0. The number of aryl methyl sites for hydroxylation is 2. The van der Waals surface area contributed by atoms with Gasteiger partial charge in [0.15, 0.2) is 5.96 Å². The Morgan fingerprint density at radius 1 is 1.30 bits per heavy atom. The molecule has 0 aliphatic heterocycles. The maximum absolute atomic E-state index is 5.84. The molecule has 2 aromatic rings. The van der Waals surface area contributed by atoms with Crippen LogP contribution >= 0.6 is 35.3 Å². The summed E-state index contributed by atoms with van der Waals surface area (Å²) >= 11 is 1.73. The number of aliphatic imine (C=N–C) groups is 1. The molecule has 0 atom stereocenters. The van der Waals surface area contributed by atoms with E-state index in [0.717, 1.165) is 50.2 Å². The van der Waals surface area contributed by atoms with Crippen molar-refractivity contribution in [2.24, 2.45) is 10.7 Å². The normalized spacial score (nSPS) is 11.1. The second kappa shape index (κ2) is 11.3. The van der Waals surface area contributed by atoms with Gasteiger partial charge < -0.3 is 11.1 Å². The van der Waals surface area contributed by atoms with Gasteiger partial charge in [0, 0.05) is 42.5 Å². The molecule has 0 aromatic carbocycles. The molecule has 2 rings (SSSR count). The Morgan fingerprint density at radius 2 is 2.17 bits per heavy atom. The highest BCUT2D eigenvalue weighted by Gasteiger charge is 1.98. The van der Waals surface area contributed by atoms with Gasteiger partial charge in [0.1, 0.15) is 0 Å². The maximum Gasteiger partial charge on any atom is 0.188 e. The van der Waals surface area contributed by atoms with Crippen LogP contribution in [0.4, 0.5) is 0 Å². The van der Waals surface area contributed by atoms with E-state index in [1.165, 1.54) is 5.01 Å². The summed E-state index contributed by atoms with van der Waals surface area (Å²) in [5.41, 5.74) is 8.01. The van der Waals surface area contributed by atoms with Gasteiger partial charge in [-0.3, -0.25) is 9.98 Å². The number of unbranched alkanes of at least 4 members (excludes halogenated alkanes) is 1. The lowest BCUT2D eigenvalue weighted by atomic mass is 10.2. The number of guanidine groups is 1. The van der Waals surface area contributed by atoms with Crippen molar-refractivity contribution in [2.75, 3.05) is 13.1 Å². The number of nitrogens with two attached hydrogens (primary N) is 1. The predicted molar refractivity (Wildman–Crippen MR) is 108 cm³/mol. The number of aromatic nitrogens is 2.